The molecular weight excluding hydrogens is 492 g/mol. The number of likely N-dealkylation sites (N-methyl/N-ethyl adjacent to an activating group) is 2. The number of fused-ring (bicyclic) bond motifs is 1. The van der Waals surface area contributed by atoms with Gasteiger partial charge in [0.15, 0.2) is 16.6 Å². The number of benzene rings is 1. The first-order valence-corrected chi connectivity index (χ1v) is 12.5. The summed E-state index contributed by atoms with van der Waals surface area (Å²) >= 11 is 1.21. The van der Waals surface area contributed by atoms with Crippen LogP contribution in [0.25, 0.3) is 10.2 Å². The van der Waals surface area contributed by atoms with Crippen molar-refractivity contribution in [3.63, 3.8) is 0 Å². The molecule has 1 aliphatic rings. The third kappa shape index (κ3) is 5.78. The van der Waals surface area contributed by atoms with Gasteiger partial charge in [-0.15, -0.1) is 11.3 Å². The van der Waals surface area contributed by atoms with E-state index in [0.717, 1.165) is 4.70 Å². The number of hydrogen-bond acceptors (Lipinski definition) is 8. The molecule has 2 aromatic rings. The number of ketones is 2. The average molecular weight is 523 g/mol. The summed E-state index contributed by atoms with van der Waals surface area (Å²) in [7, 11) is 3.20. The van der Waals surface area contributed by atoms with E-state index in [1.54, 1.807) is 66.9 Å². The number of nitrogens with zero attached hydrogens (tertiary/aromatic N) is 4. The van der Waals surface area contributed by atoms with E-state index in [4.69, 9.17) is 10.00 Å². The van der Waals surface area contributed by atoms with Crippen LogP contribution in [0, 0.1) is 16.7 Å². The second-order valence-corrected chi connectivity index (χ2v) is 10.9. The van der Waals surface area contributed by atoms with Gasteiger partial charge < -0.3 is 14.5 Å². The summed E-state index contributed by atoms with van der Waals surface area (Å²) in [5.41, 5.74) is 1.44. The predicted molar refractivity (Wildman–Crippen MR) is 140 cm³/mol. The monoisotopic (exact) mass is 522 g/mol. The van der Waals surface area contributed by atoms with E-state index in [0.29, 0.717) is 38.6 Å². The number of ether oxygens (including phenoxy) is 1. The van der Waals surface area contributed by atoms with E-state index in [-0.39, 0.29) is 37.0 Å². The Morgan fingerprint density at radius 1 is 1.03 bits per heavy atom. The molecule has 0 atom stereocenters. The number of hydrogen-bond donors (Lipinski definition) is 0. The second-order valence-electron chi connectivity index (χ2n) is 9.83. The molecule has 0 spiro atoms. The average Bonchev–Trinajstić information content (AvgIpc) is 3.26. The number of allylic oxidation sites excluding steroid dienone is 4. The van der Waals surface area contributed by atoms with Gasteiger partial charge in [0.25, 0.3) is 0 Å². The van der Waals surface area contributed by atoms with Crippen molar-refractivity contribution in [2.75, 3.05) is 27.2 Å². The van der Waals surface area contributed by atoms with Crippen molar-refractivity contribution in [3.05, 3.63) is 45.5 Å². The zero-order chi connectivity index (χ0) is 27.7. The number of carbonyl (C=O) groups is 4. The summed E-state index contributed by atoms with van der Waals surface area (Å²) < 4.78 is 6.17. The van der Waals surface area contributed by atoms with Crippen molar-refractivity contribution >= 4 is 45.1 Å². The van der Waals surface area contributed by atoms with E-state index in [2.05, 4.69) is 4.98 Å². The Balaban J connectivity index is 1.58. The molecule has 0 saturated carbocycles. The predicted octanol–water partition coefficient (Wildman–Crippen LogP) is 4.28. The zero-order valence-electron chi connectivity index (χ0n) is 22.1. The molecule has 0 unspecified atom stereocenters. The van der Waals surface area contributed by atoms with Crippen LogP contribution in [-0.2, 0) is 14.4 Å². The Kier molecular flexibility index (Phi) is 7.98. The molecule has 37 heavy (non-hydrogen) atoms. The fourth-order valence-electron chi connectivity index (χ4n) is 4.22. The van der Waals surface area contributed by atoms with Crippen LogP contribution in [0.5, 0.6) is 5.75 Å². The van der Waals surface area contributed by atoms with Gasteiger partial charge in [-0.3, -0.25) is 14.4 Å². The lowest BCUT2D eigenvalue weighted by molar-refractivity contribution is -0.132. The molecule has 194 valence electrons. The molecule has 0 N–H and O–H groups in total. The molecule has 1 aromatic heterocycles. The molecule has 2 amide bonds. The van der Waals surface area contributed by atoms with E-state index < -0.39 is 11.5 Å². The van der Waals surface area contributed by atoms with Crippen LogP contribution in [0.4, 0.5) is 4.79 Å². The minimum absolute atomic E-state index is 0.0369. The molecule has 10 heteroatoms. The van der Waals surface area contributed by atoms with Gasteiger partial charge in [-0.05, 0) is 32.9 Å². The van der Waals surface area contributed by atoms with Gasteiger partial charge in [0.05, 0.1) is 10.2 Å². The van der Waals surface area contributed by atoms with Crippen molar-refractivity contribution in [3.8, 4) is 11.8 Å². The van der Waals surface area contributed by atoms with Crippen molar-refractivity contribution in [2.45, 2.75) is 41.0 Å². The quantitative estimate of drug-likeness (QED) is 0.498. The normalized spacial score (nSPS) is 14.2. The topological polar surface area (TPSA) is 121 Å². The molecule has 0 aliphatic heterocycles. The Morgan fingerprint density at radius 3 is 2.30 bits per heavy atom. The number of thiazole rings is 1. The van der Waals surface area contributed by atoms with E-state index in [1.807, 2.05) is 6.07 Å². The van der Waals surface area contributed by atoms with Crippen molar-refractivity contribution in [1.29, 1.82) is 5.26 Å². The summed E-state index contributed by atoms with van der Waals surface area (Å²) in [6, 6.07) is 6.95. The molecule has 1 heterocycles. The highest BCUT2D eigenvalue weighted by Gasteiger charge is 2.38. The van der Waals surface area contributed by atoms with E-state index in [9.17, 15) is 19.2 Å². The highest BCUT2D eigenvalue weighted by molar-refractivity contribution is 7.19. The lowest BCUT2D eigenvalue weighted by atomic mass is 9.71. The maximum absolute atomic E-state index is 13.0. The molecule has 0 fully saturated rings. The number of amides is 2. The minimum atomic E-state index is -0.838. The molecule has 1 aromatic carbocycles. The Morgan fingerprint density at radius 2 is 1.65 bits per heavy atom. The smallest absolute Gasteiger partial charge is 0.410 e. The third-order valence-corrected chi connectivity index (χ3v) is 7.55. The van der Waals surface area contributed by atoms with Crippen molar-refractivity contribution < 1.29 is 23.9 Å². The Hall–Kier alpha value is -3.84. The summed E-state index contributed by atoms with van der Waals surface area (Å²) in [4.78, 5) is 58.1. The summed E-state index contributed by atoms with van der Waals surface area (Å²) in [6.45, 7) is 8.98. The van der Waals surface area contributed by atoms with Crippen LogP contribution < -0.4 is 4.74 Å². The zero-order valence-corrected chi connectivity index (χ0v) is 22.9. The standard InChI is InChI=1S/C27H30N4O5S/c1-15-16(2)25(34)23(17(3)24(15)33)27(4,5)13-22(32)30(6)10-11-31(7)26(35)36-18-8-9-19-20(12-18)37-21(14-28)29-19/h8-9,12H,10-11,13H2,1-7H3. The molecule has 1 aliphatic carbocycles. The van der Waals surface area contributed by atoms with Gasteiger partial charge in [0.2, 0.25) is 5.91 Å². The lowest BCUT2D eigenvalue weighted by Crippen LogP contribution is -2.40. The van der Waals surface area contributed by atoms with Crippen LogP contribution in [-0.4, -0.2) is 65.5 Å². The van der Waals surface area contributed by atoms with Crippen LogP contribution in [0.2, 0.25) is 0 Å². The van der Waals surface area contributed by atoms with Gasteiger partial charge in [0, 0.05) is 67.4 Å². The molecule has 9 nitrogen and oxygen atoms in total. The SMILES string of the molecule is CC1=C(C)C(=O)C(C(C)(C)CC(=O)N(C)CCN(C)C(=O)Oc2ccc3nc(C#N)sc3c2)=C(C)C1=O. The third-order valence-electron chi connectivity index (χ3n) is 6.63. The number of rotatable bonds is 7. The number of aromatic nitrogens is 1. The second kappa shape index (κ2) is 10.6. The van der Waals surface area contributed by atoms with Crippen molar-refractivity contribution in [2.24, 2.45) is 5.41 Å². The number of nitriles is 1. The van der Waals surface area contributed by atoms with Gasteiger partial charge in [-0.2, -0.15) is 5.26 Å². The van der Waals surface area contributed by atoms with Crippen LogP contribution in [0.3, 0.4) is 0 Å². The van der Waals surface area contributed by atoms with Crippen LogP contribution >= 0.6 is 11.3 Å². The first kappa shape index (κ1) is 27.7. The number of Topliss-reactive ketones (excluding diaryl/α,β-unsaturated/α-hetero) is 2. The summed E-state index contributed by atoms with van der Waals surface area (Å²) in [6.07, 6.45) is -0.551. The molecule has 0 bridgehead atoms. The molecule has 0 radical (unpaired) electrons. The number of carbonyl (C=O) groups excluding carboxylic acids is 4. The fourth-order valence-corrected chi connectivity index (χ4v) is 5.01. The molecular formula is C27H30N4O5S. The van der Waals surface area contributed by atoms with Gasteiger partial charge in [-0.25, -0.2) is 9.78 Å². The Labute approximate surface area is 220 Å². The maximum Gasteiger partial charge on any atom is 0.415 e. The van der Waals surface area contributed by atoms with Gasteiger partial charge in [0.1, 0.15) is 11.8 Å². The Bertz CT molecular complexity index is 1410. The van der Waals surface area contributed by atoms with E-state index >= 15 is 0 Å². The largest absolute Gasteiger partial charge is 0.415 e. The first-order valence-electron chi connectivity index (χ1n) is 11.7. The molecule has 3 rings (SSSR count). The maximum atomic E-state index is 13.0. The first-order chi connectivity index (χ1) is 17.3. The fraction of sp³-hybridized carbons (Fsp3) is 0.407. The van der Waals surface area contributed by atoms with Crippen LogP contribution in [0.15, 0.2) is 40.5 Å². The summed E-state index contributed by atoms with van der Waals surface area (Å²) in [5.74, 6) is -0.238. The van der Waals surface area contributed by atoms with Gasteiger partial charge in [-0.1, -0.05) is 13.8 Å². The minimum Gasteiger partial charge on any atom is -0.410 e. The highest BCUT2D eigenvalue weighted by Crippen LogP contribution is 2.39. The van der Waals surface area contributed by atoms with Gasteiger partial charge >= 0.3 is 6.09 Å². The highest BCUT2D eigenvalue weighted by atomic mass is 32.1. The lowest BCUT2D eigenvalue weighted by Gasteiger charge is -2.33. The van der Waals surface area contributed by atoms with E-state index in [1.165, 1.54) is 21.1 Å². The van der Waals surface area contributed by atoms with Crippen LogP contribution in [0.1, 0.15) is 46.0 Å². The van der Waals surface area contributed by atoms with Crippen molar-refractivity contribution in [1.82, 2.24) is 14.8 Å². The summed E-state index contributed by atoms with van der Waals surface area (Å²) in [5, 5.41) is 9.33. The molecule has 0 saturated heterocycles.